The van der Waals surface area contributed by atoms with Crippen molar-refractivity contribution in [1.29, 1.82) is 0 Å². The summed E-state index contributed by atoms with van der Waals surface area (Å²) in [5, 5.41) is 7.85. The first-order valence-corrected chi connectivity index (χ1v) is 10.2. The standard InChI is InChI=1S/C20H29N3O3/c24-19(11-14-3-1-2-4-14)21-16-5-7-17(8-6-16)23-20(25)12-15-13-26-10-9-18(15)22-23/h12,14,16-17H,1-11,13H2,(H,21,24). The van der Waals surface area contributed by atoms with E-state index in [4.69, 9.17) is 4.74 Å². The summed E-state index contributed by atoms with van der Waals surface area (Å²) in [7, 11) is 0. The molecule has 1 aliphatic heterocycles. The van der Waals surface area contributed by atoms with Crippen LogP contribution in [0.4, 0.5) is 0 Å². The van der Waals surface area contributed by atoms with Crippen LogP contribution in [-0.4, -0.2) is 28.3 Å². The number of aromatic nitrogens is 2. The zero-order chi connectivity index (χ0) is 17.9. The first kappa shape index (κ1) is 17.7. The van der Waals surface area contributed by atoms with Gasteiger partial charge in [-0.05, 0) is 44.4 Å². The zero-order valence-electron chi connectivity index (χ0n) is 15.4. The lowest BCUT2D eigenvalue weighted by Gasteiger charge is -2.30. The van der Waals surface area contributed by atoms with Gasteiger partial charge in [0.15, 0.2) is 0 Å². The minimum absolute atomic E-state index is 0.0250. The third-order valence-corrected chi connectivity index (χ3v) is 6.22. The van der Waals surface area contributed by atoms with Crippen LogP contribution in [0, 0.1) is 5.92 Å². The van der Waals surface area contributed by atoms with Crippen molar-refractivity contribution in [1.82, 2.24) is 15.1 Å². The zero-order valence-corrected chi connectivity index (χ0v) is 15.4. The van der Waals surface area contributed by atoms with Crippen molar-refractivity contribution in [3.63, 3.8) is 0 Å². The second kappa shape index (κ2) is 7.91. The van der Waals surface area contributed by atoms with Gasteiger partial charge in [0.2, 0.25) is 5.91 Å². The van der Waals surface area contributed by atoms with Gasteiger partial charge in [0.05, 0.1) is 24.9 Å². The van der Waals surface area contributed by atoms with Crippen LogP contribution >= 0.6 is 0 Å². The van der Waals surface area contributed by atoms with Gasteiger partial charge in [-0.25, -0.2) is 4.68 Å². The van der Waals surface area contributed by atoms with Crippen molar-refractivity contribution in [2.45, 2.75) is 82.9 Å². The average Bonchev–Trinajstić information content (AvgIpc) is 3.15. The largest absolute Gasteiger partial charge is 0.376 e. The van der Waals surface area contributed by atoms with Gasteiger partial charge in [0.25, 0.3) is 5.56 Å². The quantitative estimate of drug-likeness (QED) is 0.896. The van der Waals surface area contributed by atoms with Gasteiger partial charge in [-0.15, -0.1) is 0 Å². The predicted molar refractivity (Wildman–Crippen MR) is 97.9 cm³/mol. The summed E-state index contributed by atoms with van der Waals surface area (Å²) in [6, 6.07) is 2.09. The van der Waals surface area contributed by atoms with Gasteiger partial charge >= 0.3 is 0 Å². The number of hydrogen-bond acceptors (Lipinski definition) is 4. The second-order valence-electron chi connectivity index (χ2n) is 8.13. The van der Waals surface area contributed by atoms with Crippen molar-refractivity contribution in [2.24, 2.45) is 5.92 Å². The minimum Gasteiger partial charge on any atom is -0.376 e. The Hall–Kier alpha value is -1.69. The van der Waals surface area contributed by atoms with E-state index in [1.54, 1.807) is 10.7 Å². The number of carbonyl (C=O) groups is 1. The Bertz CT molecular complexity index is 701. The summed E-state index contributed by atoms with van der Waals surface area (Å²) < 4.78 is 7.09. The van der Waals surface area contributed by atoms with Crippen molar-refractivity contribution >= 4 is 5.91 Å². The lowest BCUT2D eigenvalue weighted by Crippen LogP contribution is -2.40. The van der Waals surface area contributed by atoms with Gasteiger partial charge in [0.1, 0.15) is 0 Å². The van der Waals surface area contributed by atoms with E-state index in [0.29, 0.717) is 25.6 Å². The lowest BCUT2D eigenvalue weighted by molar-refractivity contribution is -0.122. The SMILES string of the molecule is O=C(CC1CCCC1)NC1CCC(n2nc3c(cc2=O)COCC3)CC1. The highest BCUT2D eigenvalue weighted by atomic mass is 16.5. The molecule has 0 unspecified atom stereocenters. The molecule has 1 aromatic rings. The highest BCUT2D eigenvalue weighted by Gasteiger charge is 2.27. The van der Waals surface area contributed by atoms with E-state index in [9.17, 15) is 9.59 Å². The fraction of sp³-hybridized carbons (Fsp3) is 0.750. The third-order valence-electron chi connectivity index (χ3n) is 6.22. The van der Waals surface area contributed by atoms with Crippen LogP contribution in [0.2, 0.25) is 0 Å². The Kier molecular flexibility index (Phi) is 5.38. The number of rotatable bonds is 4. The molecule has 0 atom stereocenters. The first-order chi connectivity index (χ1) is 12.7. The molecule has 0 aromatic carbocycles. The molecule has 0 bridgehead atoms. The maximum absolute atomic E-state index is 12.4. The molecule has 142 valence electrons. The molecule has 0 spiro atoms. The van der Waals surface area contributed by atoms with Gasteiger partial charge in [0, 0.05) is 30.5 Å². The molecule has 2 fully saturated rings. The predicted octanol–water partition coefficient (Wildman–Crippen LogP) is 2.50. The maximum atomic E-state index is 12.4. The minimum atomic E-state index is -0.0250. The molecule has 1 N–H and O–H groups in total. The normalized spacial score (nSPS) is 26.5. The molecule has 1 amide bonds. The fourth-order valence-electron chi connectivity index (χ4n) is 4.72. The second-order valence-corrected chi connectivity index (χ2v) is 8.13. The summed E-state index contributed by atoms with van der Waals surface area (Å²) in [6.07, 6.45) is 10.1. The van der Waals surface area contributed by atoms with E-state index >= 15 is 0 Å². The van der Waals surface area contributed by atoms with Crippen LogP contribution < -0.4 is 10.9 Å². The molecule has 0 saturated heterocycles. The Morgan fingerprint density at radius 1 is 1.19 bits per heavy atom. The van der Waals surface area contributed by atoms with E-state index in [-0.39, 0.29) is 23.6 Å². The Morgan fingerprint density at radius 2 is 1.96 bits per heavy atom. The molecule has 26 heavy (non-hydrogen) atoms. The molecule has 0 radical (unpaired) electrons. The van der Waals surface area contributed by atoms with Gasteiger partial charge in [-0.3, -0.25) is 9.59 Å². The van der Waals surface area contributed by atoms with E-state index in [1.165, 1.54) is 25.7 Å². The van der Waals surface area contributed by atoms with Gasteiger partial charge in [-0.2, -0.15) is 5.10 Å². The lowest BCUT2D eigenvalue weighted by atomic mass is 9.90. The van der Waals surface area contributed by atoms with Crippen LogP contribution in [0.5, 0.6) is 0 Å². The van der Waals surface area contributed by atoms with Crippen LogP contribution in [0.3, 0.4) is 0 Å². The number of hydrogen-bond donors (Lipinski definition) is 1. The topological polar surface area (TPSA) is 73.2 Å². The number of carbonyl (C=O) groups excluding carboxylic acids is 1. The monoisotopic (exact) mass is 359 g/mol. The summed E-state index contributed by atoms with van der Waals surface area (Å²) in [5.74, 6) is 0.804. The Morgan fingerprint density at radius 3 is 2.73 bits per heavy atom. The van der Waals surface area contributed by atoms with Gasteiger partial charge in [-0.1, -0.05) is 12.8 Å². The highest BCUT2D eigenvalue weighted by molar-refractivity contribution is 5.76. The number of nitrogens with one attached hydrogen (secondary N) is 1. The van der Waals surface area contributed by atoms with Crippen molar-refractivity contribution in [3.8, 4) is 0 Å². The molecule has 2 saturated carbocycles. The molecule has 4 rings (SSSR count). The first-order valence-electron chi connectivity index (χ1n) is 10.2. The van der Waals surface area contributed by atoms with Crippen molar-refractivity contribution in [3.05, 3.63) is 27.7 Å². The molecule has 6 heteroatoms. The van der Waals surface area contributed by atoms with Crippen molar-refractivity contribution < 1.29 is 9.53 Å². The number of nitrogens with zero attached hydrogens (tertiary/aromatic N) is 2. The summed E-state index contributed by atoms with van der Waals surface area (Å²) in [6.45, 7) is 1.18. The Labute approximate surface area is 154 Å². The van der Waals surface area contributed by atoms with E-state index < -0.39 is 0 Å². The highest BCUT2D eigenvalue weighted by Crippen LogP contribution is 2.29. The van der Waals surface area contributed by atoms with Crippen LogP contribution in [0.15, 0.2) is 10.9 Å². The van der Waals surface area contributed by atoms with Crippen molar-refractivity contribution in [2.75, 3.05) is 6.61 Å². The molecular weight excluding hydrogens is 330 g/mol. The van der Waals surface area contributed by atoms with Crippen LogP contribution in [-0.2, 0) is 22.6 Å². The van der Waals surface area contributed by atoms with E-state index in [2.05, 4.69) is 10.4 Å². The maximum Gasteiger partial charge on any atom is 0.267 e. The number of amides is 1. The van der Waals surface area contributed by atoms with Gasteiger partial charge < -0.3 is 10.1 Å². The number of fused-ring (bicyclic) bond motifs is 1. The van der Waals surface area contributed by atoms with E-state index in [0.717, 1.165) is 43.4 Å². The Balaban J connectivity index is 1.32. The van der Waals surface area contributed by atoms with E-state index in [1.807, 2.05) is 0 Å². The molecule has 1 aromatic heterocycles. The molecular formula is C20H29N3O3. The number of ether oxygens (including phenoxy) is 1. The van der Waals surface area contributed by atoms with Crippen LogP contribution in [0.1, 0.15) is 75.1 Å². The molecule has 3 aliphatic rings. The summed E-state index contributed by atoms with van der Waals surface area (Å²) in [4.78, 5) is 24.7. The van der Waals surface area contributed by atoms with Crippen LogP contribution in [0.25, 0.3) is 0 Å². The third kappa shape index (κ3) is 4.00. The molecule has 2 heterocycles. The summed E-state index contributed by atoms with van der Waals surface area (Å²) >= 11 is 0. The molecule has 2 aliphatic carbocycles. The smallest absolute Gasteiger partial charge is 0.267 e. The fourth-order valence-corrected chi connectivity index (χ4v) is 4.72. The average molecular weight is 359 g/mol. The molecule has 6 nitrogen and oxygen atoms in total. The summed E-state index contributed by atoms with van der Waals surface area (Å²) in [5.41, 5.74) is 1.91.